The number of carbonyl (C=O) groups is 3. The molecular formula is C26H24N2O3. The van der Waals surface area contributed by atoms with Crippen molar-refractivity contribution in [2.24, 2.45) is 35.5 Å². The van der Waals surface area contributed by atoms with E-state index in [1.54, 1.807) is 24.3 Å². The van der Waals surface area contributed by atoms with E-state index in [0.29, 0.717) is 28.8 Å². The zero-order valence-corrected chi connectivity index (χ0v) is 17.5. The highest BCUT2D eigenvalue weighted by molar-refractivity contribution is 6.25. The molecule has 0 unspecified atom stereocenters. The number of carbonyl (C=O) groups excluding carboxylic acids is 3. The van der Waals surface area contributed by atoms with Crippen LogP contribution in [0.3, 0.4) is 0 Å². The standard InChI is InChI=1S/C26H24N2O3/c1-13-9-14(2)11-15(10-13)27-24(29)18-5-3-4-6-21(18)28-25(30)22-16-7-8-17(20-12-19(16)20)23(22)26(28)31/h3-11,16-17,19-20,22-23H,12H2,1-2H3,(H,27,29)/t16-,17-,19-,20-,22+,23+/m0/s1. The zero-order chi connectivity index (χ0) is 21.4. The molecule has 31 heavy (non-hydrogen) atoms. The van der Waals surface area contributed by atoms with Crippen molar-refractivity contribution in [3.63, 3.8) is 0 Å². The molecule has 1 aliphatic heterocycles. The number of nitrogens with one attached hydrogen (secondary N) is 1. The van der Waals surface area contributed by atoms with Crippen LogP contribution in [0.15, 0.2) is 54.6 Å². The summed E-state index contributed by atoms with van der Waals surface area (Å²) >= 11 is 0. The molecule has 1 N–H and O–H groups in total. The Morgan fingerprint density at radius 3 is 2.10 bits per heavy atom. The van der Waals surface area contributed by atoms with Crippen LogP contribution in [0.25, 0.3) is 0 Å². The van der Waals surface area contributed by atoms with E-state index >= 15 is 0 Å². The Kier molecular flexibility index (Phi) is 3.83. The molecule has 4 aliphatic carbocycles. The van der Waals surface area contributed by atoms with Gasteiger partial charge in [-0.1, -0.05) is 30.4 Å². The van der Waals surface area contributed by atoms with E-state index < -0.39 is 0 Å². The minimum Gasteiger partial charge on any atom is -0.322 e. The summed E-state index contributed by atoms with van der Waals surface area (Å²) in [4.78, 5) is 41.4. The smallest absolute Gasteiger partial charge is 0.257 e. The fraction of sp³-hybridized carbons (Fsp3) is 0.346. The minimum absolute atomic E-state index is 0.147. The number of para-hydroxylation sites is 1. The fourth-order valence-electron chi connectivity index (χ4n) is 6.30. The molecule has 1 heterocycles. The van der Waals surface area contributed by atoms with Gasteiger partial charge in [-0.15, -0.1) is 0 Å². The second-order valence-corrected chi connectivity index (χ2v) is 9.51. The third-order valence-corrected chi connectivity index (χ3v) is 7.53. The Bertz CT molecular complexity index is 1130. The topological polar surface area (TPSA) is 66.5 Å². The maximum Gasteiger partial charge on any atom is 0.257 e. The molecule has 2 aromatic rings. The van der Waals surface area contributed by atoms with Crippen molar-refractivity contribution in [2.45, 2.75) is 20.3 Å². The van der Waals surface area contributed by atoms with Gasteiger partial charge in [0.25, 0.3) is 5.91 Å². The highest BCUT2D eigenvalue weighted by Gasteiger charge is 2.67. The summed E-state index contributed by atoms with van der Waals surface area (Å²) in [5.74, 6) is 0.267. The van der Waals surface area contributed by atoms with Crippen LogP contribution in [-0.2, 0) is 9.59 Å². The molecule has 3 amide bonds. The summed E-state index contributed by atoms with van der Waals surface area (Å²) in [5.41, 5.74) is 3.54. The van der Waals surface area contributed by atoms with Gasteiger partial charge >= 0.3 is 0 Å². The molecule has 6 atom stereocenters. The van der Waals surface area contributed by atoms with E-state index in [4.69, 9.17) is 0 Å². The molecule has 0 spiro atoms. The normalized spacial score (nSPS) is 32.1. The predicted molar refractivity (Wildman–Crippen MR) is 118 cm³/mol. The second kappa shape index (κ2) is 6.39. The molecular weight excluding hydrogens is 388 g/mol. The van der Waals surface area contributed by atoms with Gasteiger partial charge in [0.15, 0.2) is 0 Å². The first-order chi connectivity index (χ1) is 14.9. The predicted octanol–water partition coefficient (Wildman–Crippen LogP) is 4.11. The van der Waals surface area contributed by atoms with Gasteiger partial charge in [-0.3, -0.25) is 14.4 Å². The monoisotopic (exact) mass is 412 g/mol. The van der Waals surface area contributed by atoms with Crippen LogP contribution in [0.4, 0.5) is 11.4 Å². The van der Waals surface area contributed by atoms with Crippen LogP contribution in [-0.4, -0.2) is 17.7 Å². The lowest BCUT2D eigenvalue weighted by molar-refractivity contribution is -0.124. The molecule has 3 fully saturated rings. The number of amides is 3. The molecule has 5 nitrogen and oxygen atoms in total. The van der Waals surface area contributed by atoms with Crippen LogP contribution in [0.2, 0.25) is 0 Å². The van der Waals surface area contributed by atoms with Gasteiger partial charge in [0, 0.05) is 5.69 Å². The SMILES string of the molecule is Cc1cc(C)cc(NC(=O)c2ccccc2N2C(=O)[C@@H]3[C@H]4C=C[C@@H]([C@@H]5C[C@@H]45)[C@H]3C2=O)c1. The number of allylic oxidation sites excluding steroid dienone is 2. The lowest BCUT2D eigenvalue weighted by Gasteiger charge is -2.37. The highest BCUT2D eigenvalue weighted by Crippen LogP contribution is 2.65. The third kappa shape index (κ3) is 2.65. The molecule has 2 aromatic carbocycles. The number of nitrogens with zero attached hydrogens (tertiary/aromatic N) is 1. The molecule has 5 aliphatic rings. The Labute approximate surface area is 181 Å². The van der Waals surface area contributed by atoms with Gasteiger partial charge < -0.3 is 5.32 Å². The van der Waals surface area contributed by atoms with Gasteiger partial charge in [0.1, 0.15) is 0 Å². The molecule has 7 rings (SSSR count). The lowest BCUT2D eigenvalue weighted by Crippen LogP contribution is -2.40. The zero-order valence-electron chi connectivity index (χ0n) is 17.5. The Morgan fingerprint density at radius 2 is 1.48 bits per heavy atom. The van der Waals surface area contributed by atoms with Crippen molar-refractivity contribution >= 4 is 29.1 Å². The summed E-state index contributed by atoms with van der Waals surface area (Å²) in [5, 5.41) is 2.94. The first kappa shape index (κ1) is 18.6. The van der Waals surface area contributed by atoms with Crippen LogP contribution in [0, 0.1) is 49.4 Å². The number of aryl methyl sites for hydroxylation is 2. The average molecular weight is 412 g/mol. The first-order valence-electron chi connectivity index (χ1n) is 11.0. The number of benzene rings is 2. The van der Waals surface area contributed by atoms with E-state index in [-0.39, 0.29) is 41.4 Å². The summed E-state index contributed by atoms with van der Waals surface area (Å²) in [6.45, 7) is 3.96. The van der Waals surface area contributed by atoms with Crippen molar-refractivity contribution in [1.29, 1.82) is 0 Å². The summed E-state index contributed by atoms with van der Waals surface area (Å²) < 4.78 is 0. The van der Waals surface area contributed by atoms with Crippen LogP contribution < -0.4 is 10.2 Å². The Balaban J connectivity index is 1.34. The van der Waals surface area contributed by atoms with Gasteiger partial charge in [0.05, 0.1) is 23.1 Å². The van der Waals surface area contributed by atoms with E-state index in [9.17, 15) is 14.4 Å². The Morgan fingerprint density at radius 1 is 0.903 bits per heavy atom. The summed E-state index contributed by atoms with van der Waals surface area (Å²) in [6, 6.07) is 12.8. The van der Waals surface area contributed by atoms with E-state index in [2.05, 4.69) is 17.5 Å². The number of hydrogen-bond acceptors (Lipinski definition) is 3. The molecule has 2 saturated carbocycles. The van der Waals surface area contributed by atoms with Crippen molar-refractivity contribution < 1.29 is 14.4 Å². The second-order valence-electron chi connectivity index (χ2n) is 9.51. The fourth-order valence-corrected chi connectivity index (χ4v) is 6.30. The van der Waals surface area contributed by atoms with Gasteiger partial charge in [-0.2, -0.15) is 0 Å². The van der Waals surface area contributed by atoms with Crippen molar-refractivity contribution in [3.05, 3.63) is 71.3 Å². The summed E-state index contributed by atoms with van der Waals surface area (Å²) in [7, 11) is 0. The van der Waals surface area contributed by atoms with Crippen LogP contribution in [0.1, 0.15) is 27.9 Å². The van der Waals surface area contributed by atoms with Gasteiger partial charge in [-0.05, 0) is 79.3 Å². The minimum atomic E-state index is -0.319. The third-order valence-electron chi connectivity index (χ3n) is 7.53. The highest BCUT2D eigenvalue weighted by atomic mass is 16.2. The summed E-state index contributed by atoms with van der Waals surface area (Å²) in [6.07, 6.45) is 5.45. The van der Waals surface area contributed by atoms with Crippen molar-refractivity contribution in [3.8, 4) is 0 Å². The lowest BCUT2D eigenvalue weighted by atomic mass is 9.63. The molecule has 5 heteroatoms. The molecule has 1 saturated heterocycles. The number of imide groups is 1. The van der Waals surface area contributed by atoms with Gasteiger partial charge in [0.2, 0.25) is 11.8 Å². The largest absolute Gasteiger partial charge is 0.322 e. The van der Waals surface area contributed by atoms with E-state index in [0.717, 1.165) is 17.5 Å². The maximum atomic E-state index is 13.5. The quantitative estimate of drug-likeness (QED) is 0.609. The average Bonchev–Trinajstić information content (AvgIpc) is 3.51. The van der Waals surface area contributed by atoms with Crippen LogP contribution >= 0.6 is 0 Å². The maximum absolute atomic E-state index is 13.5. The number of hydrogen-bond donors (Lipinski definition) is 1. The van der Waals surface area contributed by atoms with E-state index in [1.165, 1.54) is 4.90 Å². The van der Waals surface area contributed by atoms with Crippen LogP contribution in [0.5, 0.6) is 0 Å². The van der Waals surface area contributed by atoms with Crippen molar-refractivity contribution in [1.82, 2.24) is 0 Å². The number of rotatable bonds is 3. The number of anilines is 2. The molecule has 156 valence electrons. The van der Waals surface area contributed by atoms with Crippen molar-refractivity contribution in [2.75, 3.05) is 10.2 Å². The first-order valence-corrected chi connectivity index (χ1v) is 11.0. The molecule has 0 radical (unpaired) electrons. The molecule has 2 bridgehead atoms. The molecule has 0 aromatic heterocycles. The van der Waals surface area contributed by atoms with E-state index in [1.807, 2.05) is 32.0 Å². The van der Waals surface area contributed by atoms with Gasteiger partial charge in [-0.25, -0.2) is 4.90 Å². The Hall–Kier alpha value is -3.21.